The maximum absolute atomic E-state index is 5.81. The number of rotatable bonds is 3. The van der Waals surface area contributed by atoms with E-state index in [0.717, 1.165) is 49.6 Å². The minimum Gasteiger partial charge on any atom is -0.497 e. The van der Waals surface area contributed by atoms with Crippen molar-refractivity contribution in [3.8, 4) is 5.75 Å². The lowest BCUT2D eigenvalue weighted by Crippen LogP contribution is -2.48. The molecule has 3 rings (SSSR count). The Morgan fingerprint density at radius 3 is 2.90 bits per heavy atom. The standard InChI is InChI=1S/C15H22N2O3/c1-12-8-14(18-2)9-13(16-12)10-17-5-3-4-15(11-17)19-6-7-20-15/h8-9H,3-7,10-11H2,1-2H3. The Hall–Kier alpha value is -1.17. The fourth-order valence-corrected chi connectivity index (χ4v) is 3.07. The molecular weight excluding hydrogens is 256 g/mol. The van der Waals surface area contributed by atoms with Crippen LogP contribution in [0.5, 0.6) is 5.75 Å². The highest BCUT2D eigenvalue weighted by Crippen LogP contribution is 2.30. The highest BCUT2D eigenvalue weighted by atomic mass is 16.7. The van der Waals surface area contributed by atoms with Crippen LogP contribution >= 0.6 is 0 Å². The van der Waals surface area contributed by atoms with E-state index in [1.807, 2.05) is 19.1 Å². The first kappa shape index (κ1) is 13.8. The molecule has 1 aromatic rings. The van der Waals surface area contributed by atoms with Gasteiger partial charge in [-0.3, -0.25) is 9.88 Å². The molecule has 2 aliphatic rings. The summed E-state index contributed by atoms with van der Waals surface area (Å²) in [5.41, 5.74) is 2.02. The van der Waals surface area contributed by atoms with Gasteiger partial charge in [0.1, 0.15) is 5.75 Å². The van der Waals surface area contributed by atoms with Crippen LogP contribution < -0.4 is 4.74 Å². The Kier molecular flexibility index (Phi) is 3.92. The molecule has 3 heterocycles. The van der Waals surface area contributed by atoms with Crippen LogP contribution in [0.1, 0.15) is 24.2 Å². The van der Waals surface area contributed by atoms with E-state index >= 15 is 0 Å². The van der Waals surface area contributed by atoms with Gasteiger partial charge in [0.2, 0.25) is 0 Å². The first-order valence-corrected chi connectivity index (χ1v) is 7.21. The van der Waals surface area contributed by atoms with E-state index in [2.05, 4.69) is 9.88 Å². The van der Waals surface area contributed by atoms with Crippen molar-refractivity contribution in [1.82, 2.24) is 9.88 Å². The molecule has 2 aliphatic heterocycles. The summed E-state index contributed by atoms with van der Waals surface area (Å²) in [6, 6.07) is 3.95. The normalized spacial score (nSPS) is 22.3. The highest BCUT2D eigenvalue weighted by molar-refractivity contribution is 5.26. The topological polar surface area (TPSA) is 43.8 Å². The van der Waals surface area contributed by atoms with E-state index in [1.165, 1.54) is 0 Å². The van der Waals surface area contributed by atoms with Gasteiger partial charge in [-0.2, -0.15) is 0 Å². The number of methoxy groups -OCH3 is 1. The minimum absolute atomic E-state index is 0.369. The van der Waals surface area contributed by atoms with Gasteiger partial charge >= 0.3 is 0 Å². The molecule has 2 fully saturated rings. The second-order valence-electron chi connectivity index (χ2n) is 5.56. The first-order chi connectivity index (χ1) is 9.69. The Morgan fingerprint density at radius 2 is 2.15 bits per heavy atom. The van der Waals surface area contributed by atoms with E-state index in [-0.39, 0.29) is 5.79 Å². The minimum atomic E-state index is -0.369. The quantitative estimate of drug-likeness (QED) is 0.842. The summed E-state index contributed by atoms with van der Waals surface area (Å²) in [5.74, 6) is 0.499. The van der Waals surface area contributed by atoms with Gasteiger partial charge in [-0.1, -0.05) is 0 Å². The Balaban J connectivity index is 1.69. The van der Waals surface area contributed by atoms with Gasteiger partial charge in [0.15, 0.2) is 5.79 Å². The van der Waals surface area contributed by atoms with Crippen molar-refractivity contribution in [2.24, 2.45) is 0 Å². The number of hydrogen-bond donors (Lipinski definition) is 0. The highest BCUT2D eigenvalue weighted by Gasteiger charge is 2.40. The third-order valence-electron chi connectivity index (χ3n) is 3.91. The summed E-state index contributed by atoms with van der Waals surface area (Å²) in [6.45, 7) is 6.12. The average Bonchev–Trinajstić information content (AvgIpc) is 2.86. The summed E-state index contributed by atoms with van der Waals surface area (Å²) in [7, 11) is 1.69. The van der Waals surface area contributed by atoms with Gasteiger partial charge in [0, 0.05) is 30.8 Å². The molecule has 5 nitrogen and oxygen atoms in total. The Bertz CT molecular complexity index is 472. The van der Waals surface area contributed by atoms with Crippen LogP contribution in [0, 0.1) is 6.92 Å². The molecule has 0 aromatic carbocycles. The second-order valence-corrected chi connectivity index (χ2v) is 5.56. The number of piperidine rings is 1. The van der Waals surface area contributed by atoms with Crippen molar-refractivity contribution < 1.29 is 14.2 Å². The van der Waals surface area contributed by atoms with Crippen LogP contribution in [0.2, 0.25) is 0 Å². The number of hydrogen-bond acceptors (Lipinski definition) is 5. The van der Waals surface area contributed by atoms with Crippen molar-refractivity contribution in [2.75, 3.05) is 33.4 Å². The van der Waals surface area contributed by atoms with E-state index < -0.39 is 0 Å². The lowest BCUT2D eigenvalue weighted by Gasteiger charge is -2.38. The van der Waals surface area contributed by atoms with Crippen LogP contribution in [0.25, 0.3) is 0 Å². The fraction of sp³-hybridized carbons (Fsp3) is 0.667. The van der Waals surface area contributed by atoms with Crippen LogP contribution in [-0.4, -0.2) is 49.1 Å². The van der Waals surface area contributed by atoms with Crippen molar-refractivity contribution in [3.63, 3.8) is 0 Å². The van der Waals surface area contributed by atoms with Gasteiger partial charge in [-0.25, -0.2) is 0 Å². The molecule has 0 atom stereocenters. The summed E-state index contributed by atoms with van der Waals surface area (Å²) >= 11 is 0. The number of ether oxygens (including phenoxy) is 3. The lowest BCUT2D eigenvalue weighted by molar-refractivity contribution is -0.190. The van der Waals surface area contributed by atoms with E-state index in [0.29, 0.717) is 13.2 Å². The summed E-state index contributed by atoms with van der Waals surface area (Å²) in [6.07, 6.45) is 2.09. The molecule has 0 bridgehead atoms. The van der Waals surface area contributed by atoms with Crippen LogP contribution in [-0.2, 0) is 16.0 Å². The zero-order valence-corrected chi connectivity index (χ0v) is 12.2. The van der Waals surface area contributed by atoms with Crippen molar-refractivity contribution in [2.45, 2.75) is 32.1 Å². The zero-order valence-electron chi connectivity index (χ0n) is 12.2. The fourth-order valence-electron chi connectivity index (χ4n) is 3.07. The maximum atomic E-state index is 5.81. The van der Waals surface area contributed by atoms with Gasteiger partial charge in [-0.15, -0.1) is 0 Å². The number of aryl methyl sites for hydroxylation is 1. The first-order valence-electron chi connectivity index (χ1n) is 7.21. The molecule has 0 unspecified atom stereocenters. The van der Waals surface area contributed by atoms with Gasteiger partial charge < -0.3 is 14.2 Å². The molecule has 5 heteroatoms. The third kappa shape index (κ3) is 2.95. The van der Waals surface area contributed by atoms with Gasteiger partial charge in [-0.05, 0) is 19.9 Å². The van der Waals surface area contributed by atoms with Crippen LogP contribution in [0.3, 0.4) is 0 Å². The molecule has 0 saturated carbocycles. The lowest BCUT2D eigenvalue weighted by atomic mass is 10.0. The molecule has 2 saturated heterocycles. The molecular formula is C15H22N2O3. The largest absolute Gasteiger partial charge is 0.497 e. The van der Waals surface area contributed by atoms with Gasteiger partial charge in [0.05, 0.1) is 32.6 Å². The number of pyridine rings is 1. The summed E-state index contributed by atoms with van der Waals surface area (Å²) in [5, 5.41) is 0. The van der Waals surface area contributed by atoms with Crippen LogP contribution in [0.4, 0.5) is 0 Å². The predicted molar refractivity (Wildman–Crippen MR) is 74.7 cm³/mol. The van der Waals surface area contributed by atoms with E-state index in [1.54, 1.807) is 7.11 Å². The van der Waals surface area contributed by atoms with Crippen molar-refractivity contribution in [3.05, 3.63) is 23.5 Å². The maximum Gasteiger partial charge on any atom is 0.181 e. The molecule has 0 radical (unpaired) electrons. The molecule has 1 spiro atoms. The smallest absolute Gasteiger partial charge is 0.181 e. The Labute approximate surface area is 119 Å². The average molecular weight is 278 g/mol. The molecule has 0 N–H and O–H groups in total. The van der Waals surface area contributed by atoms with Crippen molar-refractivity contribution in [1.29, 1.82) is 0 Å². The molecule has 0 amide bonds. The summed E-state index contributed by atoms with van der Waals surface area (Å²) < 4.78 is 16.9. The molecule has 1 aromatic heterocycles. The monoisotopic (exact) mass is 278 g/mol. The number of aromatic nitrogens is 1. The SMILES string of the molecule is COc1cc(C)nc(CN2CCCC3(C2)OCCO3)c1. The zero-order chi connectivity index (χ0) is 14.0. The van der Waals surface area contributed by atoms with E-state index in [4.69, 9.17) is 14.2 Å². The third-order valence-corrected chi connectivity index (χ3v) is 3.91. The molecule has 110 valence electrons. The molecule has 0 aliphatic carbocycles. The number of likely N-dealkylation sites (tertiary alicyclic amines) is 1. The van der Waals surface area contributed by atoms with Crippen molar-refractivity contribution >= 4 is 0 Å². The van der Waals surface area contributed by atoms with E-state index in [9.17, 15) is 0 Å². The van der Waals surface area contributed by atoms with Gasteiger partial charge in [0.25, 0.3) is 0 Å². The van der Waals surface area contributed by atoms with Crippen LogP contribution in [0.15, 0.2) is 12.1 Å². The molecule has 20 heavy (non-hydrogen) atoms. The summed E-state index contributed by atoms with van der Waals surface area (Å²) in [4.78, 5) is 6.94. The second kappa shape index (κ2) is 5.68. The predicted octanol–water partition coefficient (Wildman–Crippen LogP) is 1.74. The Morgan fingerprint density at radius 1 is 1.35 bits per heavy atom. The number of nitrogens with zero attached hydrogens (tertiary/aromatic N) is 2.